The van der Waals surface area contributed by atoms with Crippen molar-refractivity contribution in [1.82, 2.24) is 9.80 Å². The van der Waals surface area contributed by atoms with Gasteiger partial charge < -0.3 is 24.0 Å². The number of benzene rings is 2. The van der Waals surface area contributed by atoms with Gasteiger partial charge in [0.15, 0.2) is 11.5 Å². The summed E-state index contributed by atoms with van der Waals surface area (Å²) < 4.78 is 17.6. The summed E-state index contributed by atoms with van der Waals surface area (Å²) in [6.07, 6.45) is 5.51. The number of carbonyl (C=O) groups is 1. The van der Waals surface area contributed by atoms with Crippen molar-refractivity contribution in [1.29, 1.82) is 0 Å². The van der Waals surface area contributed by atoms with Crippen LogP contribution >= 0.6 is 0 Å². The Morgan fingerprint density at radius 1 is 1.03 bits per heavy atom. The van der Waals surface area contributed by atoms with Crippen LogP contribution in [-0.2, 0) is 0 Å². The molecule has 1 heterocycles. The molecule has 1 fully saturated rings. The fraction of sp³-hybridized carbons (Fsp3) is 0.500. The van der Waals surface area contributed by atoms with Gasteiger partial charge >= 0.3 is 0 Å². The summed E-state index contributed by atoms with van der Waals surface area (Å²) in [7, 11) is 2.18. The lowest BCUT2D eigenvalue weighted by Crippen LogP contribution is -2.37. The van der Waals surface area contributed by atoms with Crippen molar-refractivity contribution in [2.24, 2.45) is 0 Å². The van der Waals surface area contributed by atoms with E-state index in [0.29, 0.717) is 61.8 Å². The SMILES string of the molecule is CCOc1cc(C(=O)N(CCC2CCCN2C)C/C(C)=C/c2ccccc2)cc(OCC)c1OCC. The van der Waals surface area contributed by atoms with Gasteiger partial charge in [-0.3, -0.25) is 4.79 Å². The number of ether oxygens (including phenoxy) is 3. The smallest absolute Gasteiger partial charge is 0.254 e. The first-order chi connectivity index (χ1) is 17.5. The Morgan fingerprint density at radius 2 is 1.67 bits per heavy atom. The van der Waals surface area contributed by atoms with Crippen LogP contribution in [0, 0.1) is 0 Å². The van der Waals surface area contributed by atoms with E-state index in [1.54, 1.807) is 12.1 Å². The maximum atomic E-state index is 13.9. The van der Waals surface area contributed by atoms with Crippen LogP contribution in [0.15, 0.2) is 48.0 Å². The molecule has 0 saturated carbocycles. The third-order valence-electron chi connectivity index (χ3n) is 6.50. The van der Waals surface area contributed by atoms with Crippen molar-refractivity contribution < 1.29 is 19.0 Å². The van der Waals surface area contributed by atoms with Crippen molar-refractivity contribution in [3.05, 3.63) is 59.2 Å². The molecule has 0 aliphatic carbocycles. The molecule has 36 heavy (non-hydrogen) atoms. The first kappa shape index (κ1) is 27.6. The van der Waals surface area contributed by atoms with E-state index in [9.17, 15) is 4.79 Å². The maximum Gasteiger partial charge on any atom is 0.254 e. The fourth-order valence-electron chi connectivity index (χ4n) is 4.78. The highest BCUT2D eigenvalue weighted by molar-refractivity contribution is 5.96. The second kappa shape index (κ2) is 13.9. The fourth-order valence-corrected chi connectivity index (χ4v) is 4.78. The van der Waals surface area contributed by atoms with E-state index in [2.05, 4.69) is 37.1 Å². The van der Waals surface area contributed by atoms with Gasteiger partial charge in [0.25, 0.3) is 5.91 Å². The van der Waals surface area contributed by atoms with Crippen molar-refractivity contribution in [3.63, 3.8) is 0 Å². The van der Waals surface area contributed by atoms with Crippen molar-refractivity contribution in [2.45, 2.75) is 53.0 Å². The third-order valence-corrected chi connectivity index (χ3v) is 6.50. The second-order valence-electron chi connectivity index (χ2n) is 9.29. The molecule has 1 aliphatic rings. The molecule has 0 spiro atoms. The summed E-state index contributed by atoms with van der Waals surface area (Å²) in [6, 6.07) is 14.3. The normalized spacial score (nSPS) is 16.1. The molecule has 1 amide bonds. The maximum absolute atomic E-state index is 13.9. The van der Waals surface area contributed by atoms with Crippen LogP contribution in [0.4, 0.5) is 0 Å². The van der Waals surface area contributed by atoms with Crippen LogP contribution in [-0.4, -0.2) is 68.3 Å². The number of hydrogen-bond acceptors (Lipinski definition) is 5. The van der Waals surface area contributed by atoms with E-state index in [1.807, 2.05) is 43.9 Å². The molecule has 0 N–H and O–H groups in total. The highest BCUT2D eigenvalue weighted by atomic mass is 16.5. The Morgan fingerprint density at radius 3 is 2.22 bits per heavy atom. The van der Waals surface area contributed by atoms with Gasteiger partial charge in [0.2, 0.25) is 5.75 Å². The van der Waals surface area contributed by atoms with E-state index in [1.165, 1.54) is 12.8 Å². The standard InChI is InChI=1S/C30H42N2O4/c1-6-34-27-20-25(21-28(35-7-2)29(27)36-8-3)30(33)32(18-16-26-15-12-17-31(26)5)22-23(4)19-24-13-10-9-11-14-24/h9-11,13-14,19-21,26H,6-8,12,15-18,22H2,1-5H3/b23-19+. The molecule has 196 valence electrons. The lowest BCUT2D eigenvalue weighted by Gasteiger charge is -2.27. The second-order valence-corrected chi connectivity index (χ2v) is 9.29. The minimum absolute atomic E-state index is 0.0265. The van der Waals surface area contributed by atoms with E-state index in [-0.39, 0.29) is 5.91 Å². The molecular formula is C30H42N2O4. The zero-order valence-electron chi connectivity index (χ0n) is 22.6. The van der Waals surface area contributed by atoms with E-state index in [4.69, 9.17) is 14.2 Å². The van der Waals surface area contributed by atoms with Gasteiger partial charge in [0, 0.05) is 24.7 Å². The van der Waals surface area contributed by atoms with Crippen LogP contribution < -0.4 is 14.2 Å². The number of hydrogen-bond donors (Lipinski definition) is 0. The van der Waals surface area contributed by atoms with Crippen LogP contribution in [0.25, 0.3) is 6.08 Å². The van der Waals surface area contributed by atoms with Gasteiger partial charge in [-0.05, 0) is 78.2 Å². The molecule has 0 aromatic heterocycles. The topological polar surface area (TPSA) is 51.2 Å². The zero-order valence-corrected chi connectivity index (χ0v) is 22.6. The summed E-state index contributed by atoms with van der Waals surface area (Å²) in [5, 5.41) is 0. The minimum atomic E-state index is -0.0265. The van der Waals surface area contributed by atoms with Gasteiger partial charge in [-0.25, -0.2) is 0 Å². The highest BCUT2D eigenvalue weighted by Crippen LogP contribution is 2.39. The molecule has 3 rings (SSSR count). The molecular weight excluding hydrogens is 452 g/mol. The summed E-state index contributed by atoms with van der Waals surface area (Å²) >= 11 is 0. The first-order valence-electron chi connectivity index (χ1n) is 13.2. The van der Waals surface area contributed by atoms with Crippen LogP contribution in [0.2, 0.25) is 0 Å². The Labute approximate surface area is 216 Å². The van der Waals surface area contributed by atoms with E-state index >= 15 is 0 Å². The van der Waals surface area contributed by atoms with Crippen LogP contribution in [0.1, 0.15) is 62.9 Å². The number of nitrogens with zero attached hydrogens (tertiary/aromatic N) is 2. The van der Waals surface area contributed by atoms with Gasteiger partial charge in [-0.15, -0.1) is 0 Å². The molecule has 1 saturated heterocycles. The number of carbonyl (C=O) groups excluding carboxylic acids is 1. The summed E-state index contributed by atoms with van der Waals surface area (Å²) in [4.78, 5) is 18.3. The minimum Gasteiger partial charge on any atom is -0.490 e. The monoisotopic (exact) mass is 494 g/mol. The molecule has 2 aromatic rings. The van der Waals surface area contributed by atoms with Crippen molar-refractivity contribution in [3.8, 4) is 17.2 Å². The number of rotatable bonds is 13. The van der Waals surface area contributed by atoms with Crippen molar-refractivity contribution >= 4 is 12.0 Å². The van der Waals surface area contributed by atoms with Crippen LogP contribution in [0.5, 0.6) is 17.2 Å². The Bertz CT molecular complexity index is 978. The van der Waals surface area contributed by atoms with Gasteiger partial charge in [-0.2, -0.15) is 0 Å². The van der Waals surface area contributed by atoms with E-state index < -0.39 is 0 Å². The Kier molecular flexibility index (Phi) is 10.7. The lowest BCUT2D eigenvalue weighted by atomic mass is 10.1. The summed E-state index contributed by atoms with van der Waals surface area (Å²) in [5.74, 6) is 1.61. The Balaban J connectivity index is 1.91. The number of amides is 1. The molecule has 2 aromatic carbocycles. The average Bonchev–Trinajstić information content (AvgIpc) is 3.28. The Hall–Kier alpha value is -2.99. The zero-order chi connectivity index (χ0) is 25.9. The summed E-state index contributed by atoms with van der Waals surface area (Å²) in [5.41, 5.74) is 2.82. The molecule has 6 nitrogen and oxygen atoms in total. The van der Waals surface area contributed by atoms with Gasteiger partial charge in [0.1, 0.15) is 0 Å². The number of likely N-dealkylation sites (tertiary alicyclic amines) is 1. The molecule has 0 bridgehead atoms. The molecule has 0 radical (unpaired) electrons. The quantitative estimate of drug-likeness (QED) is 0.346. The average molecular weight is 495 g/mol. The largest absolute Gasteiger partial charge is 0.490 e. The first-order valence-corrected chi connectivity index (χ1v) is 13.2. The predicted octanol–water partition coefficient (Wildman–Crippen LogP) is 5.91. The molecule has 1 aliphatic heterocycles. The van der Waals surface area contributed by atoms with E-state index in [0.717, 1.165) is 24.1 Å². The highest BCUT2D eigenvalue weighted by Gasteiger charge is 2.25. The third kappa shape index (κ3) is 7.50. The lowest BCUT2D eigenvalue weighted by molar-refractivity contribution is 0.0756. The van der Waals surface area contributed by atoms with Crippen LogP contribution in [0.3, 0.4) is 0 Å². The predicted molar refractivity (Wildman–Crippen MR) is 146 cm³/mol. The van der Waals surface area contributed by atoms with Gasteiger partial charge in [0.05, 0.1) is 19.8 Å². The molecule has 6 heteroatoms. The van der Waals surface area contributed by atoms with Crippen molar-refractivity contribution in [2.75, 3.05) is 46.5 Å². The molecule has 1 atom stereocenters. The molecule has 1 unspecified atom stereocenters. The summed E-state index contributed by atoms with van der Waals surface area (Å²) in [6.45, 7) is 11.7. The van der Waals surface area contributed by atoms with Gasteiger partial charge in [-0.1, -0.05) is 42.0 Å².